The third kappa shape index (κ3) is 3.62. The standard InChI is InChI=1S/C18H10Cl3NO4S/c19-11-2-1-9(12(20)5-11)4-16-17(23)22(18(24)27-16)7-10-3-14-15(6-13(10)21)26-8-25-14/h1-6H,7-8H2/b16-4+. The van der Waals surface area contributed by atoms with Crippen molar-refractivity contribution in [3.05, 3.63) is 61.4 Å². The highest BCUT2D eigenvalue weighted by molar-refractivity contribution is 8.18. The Balaban J connectivity index is 1.59. The Hall–Kier alpha value is -1.86. The van der Waals surface area contributed by atoms with Crippen molar-refractivity contribution in [3.8, 4) is 11.5 Å². The van der Waals surface area contributed by atoms with E-state index in [1.54, 1.807) is 36.4 Å². The molecule has 1 saturated heterocycles. The molecule has 0 aliphatic carbocycles. The first-order valence-electron chi connectivity index (χ1n) is 7.71. The molecule has 2 aliphatic rings. The van der Waals surface area contributed by atoms with Crippen LogP contribution in [0.4, 0.5) is 4.79 Å². The summed E-state index contributed by atoms with van der Waals surface area (Å²) in [5.74, 6) is 0.657. The van der Waals surface area contributed by atoms with Gasteiger partial charge < -0.3 is 9.47 Å². The molecule has 0 N–H and O–H groups in total. The zero-order chi connectivity index (χ0) is 19.1. The van der Waals surface area contributed by atoms with Crippen LogP contribution >= 0.6 is 46.6 Å². The number of carbonyl (C=O) groups is 2. The summed E-state index contributed by atoms with van der Waals surface area (Å²) >= 11 is 19.1. The van der Waals surface area contributed by atoms with Crippen LogP contribution in [0.3, 0.4) is 0 Å². The number of imide groups is 1. The largest absolute Gasteiger partial charge is 0.454 e. The lowest BCUT2D eigenvalue weighted by Gasteiger charge is -2.14. The number of hydrogen-bond donors (Lipinski definition) is 0. The van der Waals surface area contributed by atoms with Crippen LogP contribution in [0.25, 0.3) is 6.08 Å². The van der Waals surface area contributed by atoms with Crippen LogP contribution in [0.2, 0.25) is 15.1 Å². The van der Waals surface area contributed by atoms with Gasteiger partial charge in [-0.1, -0.05) is 40.9 Å². The van der Waals surface area contributed by atoms with Crippen LogP contribution in [-0.4, -0.2) is 22.8 Å². The molecule has 0 spiro atoms. The van der Waals surface area contributed by atoms with E-state index in [1.807, 2.05) is 0 Å². The average Bonchev–Trinajstić information content (AvgIpc) is 3.16. The minimum Gasteiger partial charge on any atom is -0.454 e. The molecule has 27 heavy (non-hydrogen) atoms. The number of amides is 2. The van der Waals surface area contributed by atoms with Crippen LogP contribution < -0.4 is 9.47 Å². The molecule has 5 nitrogen and oxygen atoms in total. The van der Waals surface area contributed by atoms with E-state index in [2.05, 4.69) is 0 Å². The maximum Gasteiger partial charge on any atom is 0.293 e. The Morgan fingerprint density at radius 2 is 1.78 bits per heavy atom. The summed E-state index contributed by atoms with van der Waals surface area (Å²) in [7, 11) is 0. The van der Waals surface area contributed by atoms with Gasteiger partial charge in [0.1, 0.15) is 0 Å². The van der Waals surface area contributed by atoms with Gasteiger partial charge in [0.05, 0.1) is 11.4 Å². The fourth-order valence-electron chi connectivity index (χ4n) is 2.65. The molecule has 0 bridgehead atoms. The highest BCUT2D eigenvalue weighted by Crippen LogP contribution is 2.39. The number of fused-ring (bicyclic) bond motifs is 1. The molecule has 0 atom stereocenters. The van der Waals surface area contributed by atoms with Crippen molar-refractivity contribution in [2.24, 2.45) is 0 Å². The van der Waals surface area contributed by atoms with Gasteiger partial charge >= 0.3 is 0 Å². The molecule has 4 rings (SSSR count). The van der Waals surface area contributed by atoms with E-state index in [1.165, 1.54) is 0 Å². The molecular formula is C18H10Cl3NO4S. The van der Waals surface area contributed by atoms with Crippen molar-refractivity contribution in [2.75, 3.05) is 6.79 Å². The van der Waals surface area contributed by atoms with Crippen LogP contribution in [0.15, 0.2) is 35.2 Å². The van der Waals surface area contributed by atoms with Crippen molar-refractivity contribution < 1.29 is 19.1 Å². The second-order valence-corrected chi connectivity index (χ2v) is 7.97. The molecule has 0 radical (unpaired) electrons. The van der Waals surface area contributed by atoms with E-state index in [0.29, 0.717) is 37.7 Å². The van der Waals surface area contributed by atoms with Crippen molar-refractivity contribution in [1.29, 1.82) is 0 Å². The fraction of sp³-hybridized carbons (Fsp3) is 0.111. The summed E-state index contributed by atoms with van der Waals surface area (Å²) in [6.07, 6.45) is 1.57. The molecule has 1 fully saturated rings. The molecule has 2 aromatic carbocycles. The minimum atomic E-state index is -0.412. The first-order valence-corrected chi connectivity index (χ1v) is 9.66. The number of nitrogens with zero attached hydrogens (tertiary/aromatic N) is 1. The van der Waals surface area contributed by atoms with E-state index < -0.39 is 5.91 Å². The van der Waals surface area contributed by atoms with Crippen LogP contribution in [0.1, 0.15) is 11.1 Å². The molecule has 2 heterocycles. The number of thioether (sulfide) groups is 1. The van der Waals surface area contributed by atoms with Crippen molar-refractivity contribution in [3.63, 3.8) is 0 Å². The molecule has 0 saturated carbocycles. The van der Waals surface area contributed by atoms with E-state index in [-0.39, 0.29) is 23.5 Å². The molecule has 2 aliphatic heterocycles. The molecule has 9 heteroatoms. The quantitative estimate of drug-likeness (QED) is 0.578. The van der Waals surface area contributed by atoms with E-state index in [4.69, 9.17) is 44.3 Å². The average molecular weight is 443 g/mol. The molecule has 2 aromatic rings. The molecular weight excluding hydrogens is 433 g/mol. The number of hydrogen-bond acceptors (Lipinski definition) is 5. The fourth-order valence-corrected chi connectivity index (χ4v) is 4.15. The Kier molecular flexibility index (Phi) is 4.99. The van der Waals surface area contributed by atoms with Gasteiger partial charge in [-0.25, -0.2) is 0 Å². The molecule has 138 valence electrons. The number of halogens is 3. The smallest absolute Gasteiger partial charge is 0.293 e. The number of carbonyl (C=O) groups excluding carboxylic acids is 2. The van der Waals surface area contributed by atoms with Gasteiger partial charge in [0, 0.05) is 21.1 Å². The Labute approximate surface area is 173 Å². The summed E-state index contributed by atoms with van der Waals surface area (Å²) in [4.78, 5) is 26.5. The lowest BCUT2D eigenvalue weighted by Crippen LogP contribution is -2.27. The van der Waals surface area contributed by atoms with Crippen molar-refractivity contribution in [1.82, 2.24) is 4.90 Å². The van der Waals surface area contributed by atoms with E-state index in [0.717, 1.165) is 16.7 Å². The van der Waals surface area contributed by atoms with Crippen LogP contribution in [-0.2, 0) is 11.3 Å². The predicted octanol–water partition coefficient (Wildman–Crippen LogP) is 5.61. The maximum absolute atomic E-state index is 12.7. The highest BCUT2D eigenvalue weighted by Gasteiger charge is 2.35. The zero-order valence-corrected chi connectivity index (χ0v) is 16.6. The lowest BCUT2D eigenvalue weighted by atomic mass is 10.1. The Morgan fingerprint density at radius 1 is 1.04 bits per heavy atom. The number of ether oxygens (including phenoxy) is 2. The first kappa shape index (κ1) is 18.5. The van der Waals surface area contributed by atoms with Gasteiger partial charge in [0.25, 0.3) is 11.1 Å². The van der Waals surface area contributed by atoms with Gasteiger partial charge in [0.15, 0.2) is 11.5 Å². The predicted molar refractivity (Wildman–Crippen MR) is 106 cm³/mol. The Morgan fingerprint density at radius 3 is 2.52 bits per heavy atom. The maximum atomic E-state index is 12.7. The monoisotopic (exact) mass is 441 g/mol. The summed E-state index contributed by atoms with van der Waals surface area (Å²) < 4.78 is 10.6. The third-order valence-electron chi connectivity index (χ3n) is 3.99. The van der Waals surface area contributed by atoms with Crippen molar-refractivity contribution >= 4 is 63.8 Å². The second-order valence-electron chi connectivity index (χ2n) is 5.73. The van der Waals surface area contributed by atoms with E-state index in [9.17, 15) is 9.59 Å². The van der Waals surface area contributed by atoms with Gasteiger partial charge in [0.2, 0.25) is 6.79 Å². The summed E-state index contributed by atoms with van der Waals surface area (Å²) in [5, 5.41) is 0.893. The summed E-state index contributed by atoms with van der Waals surface area (Å²) in [6, 6.07) is 8.21. The van der Waals surface area contributed by atoms with Crippen molar-refractivity contribution in [2.45, 2.75) is 6.54 Å². The number of benzene rings is 2. The molecule has 0 aromatic heterocycles. The normalized spacial score (nSPS) is 17.3. The van der Waals surface area contributed by atoms with Gasteiger partial charge in [-0.3, -0.25) is 14.5 Å². The zero-order valence-electron chi connectivity index (χ0n) is 13.5. The number of rotatable bonds is 3. The van der Waals surface area contributed by atoms with E-state index >= 15 is 0 Å². The first-order chi connectivity index (χ1) is 12.9. The molecule has 2 amide bonds. The third-order valence-corrected chi connectivity index (χ3v) is 5.81. The molecule has 0 unspecified atom stereocenters. The highest BCUT2D eigenvalue weighted by atomic mass is 35.5. The lowest BCUT2D eigenvalue weighted by molar-refractivity contribution is -0.123. The SMILES string of the molecule is O=C1S/C(=C/c2ccc(Cl)cc2Cl)C(=O)N1Cc1cc2c(cc1Cl)OCO2. The summed E-state index contributed by atoms with van der Waals surface area (Å²) in [5.41, 5.74) is 1.20. The van der Waals surface area contributed by atoms with Crippen LogP contribution in [0, 0.1) is 0 Å². The van der Waals surface area contributed by atoms with Gasteiger partial charge in [-0.2, -0.15) is 0 Å². The van der Waals surface area contributed by atoms with Gasteiger partial charge in [-0.15, -0.1) is 0 Å². The Bertz CT molecular complexity index is 1010. The van der Waals surface area contributed by atoms with Gasteiger partial charge in [-0.05, 0) is 47.2 Å². The summed E-state index contributed by atoms with van der Waals surface area (Å²) in [6.45, 7) is 0.146. The second kappa shape index (κ2) is 7.28. The van der Waals surface area contributed by atoms with Crippen LogP contribution in [0.5, 0.6) is 11.5 Å². The minimum absolute atomic E-state index is 0.0336. The topological polar surface area (TPSA) is 55.8 Å².